The van der Waals surface area contributed by atoms with E-state index in [4.69, 9.17) is 0 Å². The van der Waals surface area contributed by atoms with Gasteiger partial charge in [-0.1, -0.05) is 6.07 Å². The van der Waals surface area contributed by atoms with Crippen molar-refractivity contribution in [2.75, 3.05) is 44.7 Å². The molecule has 1 aliphatic rings. The van der Waals surface area contributed by atoms with Crippen molar-refractivity contribution < 1.29 is 9.59 Å². The third-order valence-corrected chi connectivity index (χ3v) is 4.56. The molecule has 0 N–H and O–H groups in total. The van der Waals surface area contributed by atoms with Gasteiger partial charge in [0.25, 0.3) is 0 Å². The molecule has 0 aromatic carbocycles. The lowest BCUT2D eigenvalue weighted by Gasteiger charge is -2.35. The van der Waals surface area contributed by atoms with Crippen molar-refractivity contribution in [1.29, 1.82) is 0 Å². The van der Waals surface area contributed by atoms with E-state index in [-0.39, 0.29) is 0 Å². The van der Waals surface area contributed by atoms with Gasteiger partial charge in [0.1, 0.15) is 5.82 Å². The van der Waals surface area contributed by atoms with Crippen LogP contribution in [0.25, 0.3) is 0 Å². The Morgan fingerprint density at radius 1 is 1.04 bits per heavy atom. The van der Waals surface area contributed by atoms with Gasteiger partial charge in [-0.25, -0.2) is 4.98 Å². The van der Waals surface area contributed by atoms with E-state index in [2.05, 4.69) is 14.9 Å². The summed E-state index contributed by atoms with van der Waals surface area (Å²) in [6, 6.07) is 9.61. The van der Waals surface area contributed by atoms with Crippen LogP contribution in [0.2, 0.25) is 0 Å². The second kappa shape index (κ2) is 8.42. The van der Waals surface area contributed by atoms with E-state index in [0.29, 0.717) is 39.1 Å². The molecule has 2 amide bonds. The maximum Gasteiger partial charge on any atom is 0.312 e. The van der Waals surface area contributed by atoms with Gasteiger partial charge in [-0.05, 0) is 36.2 Å². The summed E-state index contributed by atoms with van der Waals surface area (Å²) in [4.78, 5) is 38.5. The molecule has 3 heterocycles. The van der Waals surface area contributed by atoms with Crippen LogP contribution < -0.4 is 4.90 Å². The number of nitrogens with zero attached hydrogens (tertiary/aromatic N) is 5. The lowest BCUT2D eigenvalue weighted by molar-refractivity contribution is -0.151. The predicted octanol–water partition coefficient (Wildman–Crippen LogP) is 0.826. The summed E-state index contributed by atoms with van der Waals surface area (Å²) in [6.45, 7) is 2.91. The zero-order chi connectivity index (χ0) is 18.4. The minimum Gasteiger partial charge on any atom is -0.353 e. The molecule has 0 unspecified atom stereocenters. The number of hydrogen-bond donors (Lipinski definition) is 0. The largest absolute Gasteiger partial charge is 0.353 e. The van der Waals surface area contributed by atoms with Crippen LogP contribution in [0.5, 0.6) is 0 Å². The van der Waals surface area contributed by atoms with Crippen molar-refractivity contribution >= 4 is 17.6 Å². The first-order chi connectivity index (χ1) is 12.6. The van der Waals surface area contributed by atoms with Crippen LogP contribution >= 0.6 is 0 Å². The summed E-state index contributed by atoms with van der Waals surface area (Å²) in [5.41, 5.74) is 1.09. The maximum absolute atomic E-state index is 12.5. The number of pyridine rings is 2. The molecule has 0 spiro atoms. The van der Waals surface area contributed by atoms with Crippen molar-refractivity contribution in [3.8, 4) is 0 Å². The zero-order valence-corrected chi connectivity index (χ0v) is 14.9. The SMILES string of the molecule is CN(CCc1ccncc1)C(=O)C(=O)N1CCN(c2ccccn2)CC1. The Bertz CT molecular complexity index is 730. The second-order valence-electron chi connectivity index (χ2n) is 6.30. The van der Waals surface area contributed by atoms with Gasteiger partial charge in [-0.2, -0.15) is 0 Å². The number of likely N-dealkylation sites (N-methyl/N-ethyl adjacent to an activating group) is 1. The number of carbonyl (C=O) groups is 2. The van der Waals surface area contributed by atoms with Gasteiger partial charge in [0.15, 0.2) is 0 Å². The Labute approximate surface area is 153 Å². The number of anilines is 1. The first kappa shape index (κ1) is 17.8. The maximum atomic E-state index is 12.5. The van der Waals surface area contributed by atoms with Crippen LogP contribution in [0.1, 0.15) is 5.56 Å². The monoisotopic (exact) mass is 353 g/mol. The Balaban J connectivity index is 1.48. The second-order valence-corrected chi connectivity index (χ2v) is 6.30. The van der Waals surface area contributed by atoms with Crippen LogP contribution in [-0.2, 0) is 16.0 Å². The molecule has 0 saturated carbocycles. The minimum absolute atomic E-state index is 0.428. The smallest absolute Gasteiger partial charge is 0.312 e. The van der Waals surface area contributed by atoms with Crippen molar-refractivity contribution in [3.63, 3.8) is 0 Å². The number of amides is 2. The Morgan fingerprint density at radius 2 is 1.77 bits per heavy atom. The van der Waals surface area contributed by atoms with E-state index in [1.165, 1.54) is 4.90 Å². The summed E-state index contributed by atoms with van der Waals surface area (Å²) in [7, 11) is 1.67. The molecular formula is C19H23N5O2. The number of hydrogen-bond acceptors (Lipinski definition) is 5. The van der Waals surface area contributed by atoms with Gasteiger partial charge in [0.05, 0.1) is 0 Å². The Hall–Kier alpha value is -2.96. The first-order valence-electron chi connectivity index (χ1n) is 8.74. The molecule has 1 fully saturated rings. The normalized spacial score (nSPS) is 14.2. The molecule has 136 valence electrons. The molecular weight excluding hydrogens is 330 g/mol. The fourth-order valence-corrected chi connectivity index (χ4v) is 2.93. The molecule has 7 nitrogen and oxygen atoms in total. The molecule has 7 heteroatoms. The summed E-state index contributed by atoms with van der Waals surface area (Å²) < 4.78 is 0. The average Bonchev–Trinajstić information content (AvgIpc) is 2.72. The van der Waals surface area contributed by atoms with Gasteiger partial charge in [-0.15, -0.1) is 0 Å². The molecule has 0 bridgehead atoms. The molecule has 3 rings (SSSR count). The third-order valence-electron chi connectivity index (χ3n) is 4.56. The van der Waals surface area contributed by atoms with Gasteiger partial charge < -0.3 is 14.7 Å². The fourth-order valence-electron chi connectivity index (χ4n) is 2.93. The van der Waals surface area contributed by atoms with Gasteiger partial charge in [0.2, 0.25) is 0 Å². The lowest BCUT2D eigenvalue weighted by atomic mass is 10.2. The highest BCUT2D eigenvalue weighted by Gasteiger charge is 2.28. The van der Waals surface area contributed by atoms with Gasteiger partial charge >= 0.3 is 11.8 Å². The average molecular weight is 353 g/mol. The highest BCUT2D eigenvalue weighted by molar-refractivity contribution is 6.34. The van der Waals surface area contributed by atoms with Gasteiger partial charge in [-0.3, -0.25) is 14.6 Å². The molecule has 26 heavy (non-hydrogen) atoms. The molecule has 1 aliphatic heterocycles. The fraction of sp³-hybridized carbons (Fsp3) is 0.368. The zero-order valence-electron chi connectivity index (χ0n) is 14.9. The van der Waals surface area contributed by atoms with Gasteiger partial charge in [0, 0.05) is 58.4 Å². The summed E-state index contributed by atoms with van der Waals surface area (Å²) in [5, 5.41) is 0. The Morgan fingerprint density at radius 3 is 2.42 bits per heavy atom. The highest BCUT2D eigenvalue weighted by atomic mass is 16.2. The lowest BCUT2D eigenvalue weighted by Crippen LogP contribution is -2.53. The number of aromatic nitrogens is 2. The number of carbonyl (C=O) groups excluding carboxylic acids is 2. The van der Waals surface area contributed by atoms with Crippen molar-refractivity contribution in [1.82, 2.24) is 19.8 Å². The van der Waals surface area contributed by atoms with E-state index in [1.54, 1.807) is 30.5 Å². The van der Waals surface area contributed by atoms with E-state index in [1.807, 2.05) is 30.3 Å². The molecule has 1 saturated heterocycles. The van der Waals surface area contributed by atoms with E-state index in [9.17, 15) is 9.59 Å². The first-order valence-corrected chi connectivity index (χ1v) is 8.74. The van der Waals surface area contributed by atoms with E-state index < -0.39 is 11.8 Å². The van der Waals surface area contributed by atoms with E-state index in [0.717, 1.165) is 11.4 Å². The summed E-state index contributed by atoms with van der Waals surface area (Å²) >= 11 is 0. The molecule has 2 aromatic heterocycles. The van der Waals surface area contributed by atoms with Crippen molar-refractivity contribution in [3.05, 3.63) is 54.5 Å². The molecule has 2 aromatic rings. The molecule has 0 aliphatic carbocycles. The van der Waals surface area contributed by atoms with E-state index >= 15 is 0 Å². The standard InChI is InChI=1S/C19H23N5O2/c1-22(11-7-16-5-9-20-10-6-16)18(25)19(26)24-14-12-23(13-15-24)17-4-2-3-8-21-17/h2-6,8-10H,7,11-15H2,1H3. The van der Waals surface area contributed by atoms with Crippen LogP contribution in [0.4, 0.5) is 5.82 Å². The molecule has 0 radical (unpaired) electrons. The quantitative estimate of drug-likeness (QED) is 0.762. The number of rotatable bonds is 4. The predicted molar refractivity (Wildman–Crippen MR) is 98.6 cm³/mol. The van der Waals surface area contributed by atoms with Crippen LogP contribution in [-0.4, -0.2) is 71.4 Å². The van der Waals surface area contributed by atoms with Crippen LogP contribution in [0.15, 0.2) is 48.9 Å². The summed E-state index contributed by atoms with van der Waals surface area (Å²) in [6.07, 6.45) is 5.91. The van der Waals surface area contributed by atoms with Crippen LogP contribution in [0.3, 0.4) is 0 Å². The molecule has 0 atom stereocenters. The third kappa shape index (κ3) is 4.36. The minimum atomic E-state index is -0.453. The van der Waals surface area contributed by atoms with Crippen LogP contribution in [0, 0.1) is 0 Å². The Kier molecular flexibility index (Phi) is 5.78. The van der Waals surface area contributed by atoms with Crippen molar-refractivity contribution in [2.24, 2.45) is 0 Å². The number of piperazine rings is 1. The summed E-state index contributed by atoms with van der Waals surface area (Å²) in [5.74, 6) is 0.0219. The van der Waals surface area contributed by atoms with Crippen molar-refractivity contribution in [2.45, 2.75) is 6.42 Å². The topological polar surface area (TPSA) is 69.6 Å². The highest BCUT2D eigenvalue weighted by Crippen LogP contribution is 2.13.